The van der Waals surface area contributed by atoms with Crippen LogP contribution in [-0.2, 0) is 13.0 Å². The van der Waals surface area contributed by atoms with Crippen LogP contribution >= 0.6 is 15.9 Å². The molecular weight excluding hydrogens is 473 g/mol. The summed E-state index contributed by atoms with van der Waals surface area (Å²) >= 11 is 3.29. The first-order valence-corrected chi connectivity index (χ1v) is 11.6. The number of fused-ring (bicyclic) bond motifs is 2. The summed E-state index contributed by atoms with van der Waals surface area (Å²) in [5.74, 6) is -0.458. The molecule has 4 aromatic rings. The Hall–Kier alpha value is -3.00. The van der Waals surface area contributed by atoms with Crippen molar-refractivity contribution in [1.29, 1.82) is 0 Å². The number of nitrogens with zero attached hydrogens (tertiary/aromatic N) is 5. The fourth-order valence-electron chi connectivity index (χ4n) is 4.43. The van der Waals surface area contributed by atoms with E-state index in [0.717, 1.165) is 24.4 Å². The van der Waals surface area contributed by atoms with Gasteiger partial charge in [-0.25, -0.2) is 13.9 Å². The van der Waals surface area contributed by atoms with E-state index in [1.807, 2.05) is 17.9 Å². The molecule has 5 rings (SSSR count). The number of hydrogen-bond acceptors (Lipinski definition) is 3. The average Bonchev–Trinajstić information content (AvgIpc) is 3.39. The molecule has 1 aromatic carbocycles. The molecule has 1 atom stereocenters. The number of halogens is 2. The highest BCUT2D eigenvalue weighted by Gasteiger charge is 2.28. The van der Waals surface area contributed by atoms with E-state index in [2.05, 4.69) is 49.8 Å². The predicted octanol–water partition coefficient (Wildman–Crippen LogP) is 5.27. The topological polar surface area (TPSA) is 55.4 Å². The molecule has 0 N–H and O–H groups in total. The minimum absolute atomic E-state index is 0.0413. The maximum absolute atomic E-state index is 14.5. The minimum atomic E-state index is -0.362. The molecule has 6 nitrogen and oxygen atoms in total. The van der Waals surface area contributed by atoms with Crippen LogP contribution in [0.1, 0.15) is 48.2 Å². The lowest BCUT2D eigenvalue weighted by atomic mass is 10.1. The second-order valence-electron chi connectivity index (χ2n) is 8.06. The van der Waals surface area contributed by atoms with E-state index in [9.17, 15) is 9.18 Å². The molecule has 0 fully saturated rings. The van der Waals surface area contributed by atoms with Crippen molar-refractivity contribution in [2.75, 3.05) is 6.54 Å². The molecule has 1 aliphatic heterocycles. The van der Waals surface area contributed by atoms with Crippen molar-refractivity contribution in [3.8, 4) is 11.3 Å². The molecule has 1 unspecified atom stereocenters. The molecule has 8 heteroatoms. The summed E-state index contributed by atoms with van der Waals surface area (Å²) in [6, 6.07) is 12.5. The molecule has 0 aliphatic carbocycles. The summed E-state index contributed by atoms with van der Waals surface area (Å²) in [5.41, 5.74) is 3.80. The third kappa shape index (κ3) is 3.52. The summed E-state index contributed by atoms with van der Waals surface area (Å²) < 4.78 is 19.1. The van der Waals surface area contributed by atoms with Crippen molar-refractivity contribution in [3.63, 3.8) is 0 Å². The van der Waals surface area contributed by atoms with Gasteiger partial charge in [-0.1, -0.05) is 22.9 Å². The van der Waals surface area contributed by atoms with Crippen molar-refractivity contribution < 1.29 is 9.18 Å². The van der Waals surface area contributed by atoms with Gasteiger partial charge in [0.15, 0.2) is 5.65 Å². The van der Waals surface area contributed by atoms with Gasteiger partial charge in [0, 0.05) is 46.8 Å². The third-order valence-electron chi connectivity index (χ3n) is 6.11. The Morgan fingerprint density at radius 2 is 2.06 bits per heavy atom. The molecule has 1 aliphatic rings. The van der Waals surface area contributed by atoms with Gasteiger partial charge in [-0.05, 0) is 56.2 Å². The summed E-state index contributed by atoms with van der Waals surface area (Å²) in [7, 11) is 0. The summed E-state index contributed by atoms with van der Waals surface area (Å²) in [6.45, 7) is 5.63. The lowest BCUT2D eigenvalue weighted by molar-refractivity contribution is 0.0688. The van der Waals surface area contributed by atoms with Gasteiger partial charge in [-0.3, -0.25) is 4.79 Å². The zero-order valence-corrected chi connectivity index (χ0v) is 19.5. The first kappa shape index (κ1) is 20.9. The van der Waals surface area contributed by atoms with Crippen LogP contribution in [0.2, 0.25) is 0 Å². The van der Waals surface area contributed by atoms with Gasteiger partial charge in [0.25, 0.3) is 5.91 Å². The van der Waals surface area contributed by atoms with Gasteiger partial charge < -0.3 is 9.47 Å². The first-order valence-electron chi connectivity index (χ1n) is 10.8. The van der Waals surface area contributed by atoms with Crippen LogP contribution in [0.25, 0.3) is 16.9 Å². The predicted molar refractivity (Wildman–Crippen MR) is 124 cm³/mol. The van der Waals surface area contributed by atoms with E-state index < -0.39 is 0 Å². The third-order valence-corrected chi connectivity index (χ3v) is 6.60. The average molecular weight is 496 g/mol. The fourth-order valence-corrected chi connectivity index (χ4v) is 4.76. The normalized spacial score (nSPS) is 16.2. The van der Waals surface area contributed by atoms with Crippen molar-refractivity contribution in [2.45, 2.75) is 39.3 Å². The SMILES string of the molecule is CCc1cc(C(=O)N2CCCn3cccc3C2C)nc2cc(-c3ccc(Br)cc3F)nn12. The maximum atomic E-state index is 14.5. The number of carbonyl (C=O) groups excluding carboxylic acids is 1. The molecule has 1 amide bonds. The van der Waals surface area contributed by atoms with E-state index >= 15 is 0 Å². The van der Waals surface area contributed by atoms with Crippen LogP contribution in [0.4, 0.5) is 4.39 Å². The van der Waals surface area contributed by atoms with Crippen LogP contribution in [0, 0.1) is 5.82 Å². The van der Waals surface area contributed by atoms with Crippen molar-refractivity contribution in [3.05, 3.63) is 76.0 Å². The molecule has 3 aromatic heterocycles. The van der Waals surface area contributed by atoms with Gasteiger partial charge in [0.05, 0.1) is 11.7 Å². The quantitative estimate of drug-likeness (QED) is 0.389. The maximum Gasteiger partial charge on any atom is 0.273 e. The van der Waals surface area contributed by atoms with Crippen LogP contribution in [0.15, 0.2) is 53.1 Å². The van der Waals surface area contributed by atoms with Crippen molar-refractivity contribution in [2.24, 2.45) is 0 Å². The number of benzene rings is 1. The summed E-state index contributed by atoms with van der Waals surface area (Å²) in [5, 5.41) is 4.58. The number of aromatic nitrogens is 4. The second-order valence-corrected chi connectivity index (χ2v) is 8.98. The number of aryl methyl sites for hydroxylation is 2. The number of carbonyl (C=O) groups is 1. The minimum Gasteiger partial charge on any atom is -0.350 e. The standard InChI is InChI=1S/C24H23BrFN5O/c1-3-17-13-21(24(32)30-11-5-10-29-9-4-6-22(29)15(30)2)27-23-14-20(28-31(17)23)18-8-7-16(25)12-19(18)26/h4,6-9,12-15H,3,5,10-11H2,1-2H3. The molecule has 0 saturated heterocycles. The summed E-state index contributed by atoms with van der Waals surface area (Å²) in [4.78, 5) is 20.1. The zero-order chi connectivity index (χ0) is 22.4. The Kier molecular flexibility index (Phi) is 5.33. The molecule has 0 bridgehead atoms. The number of rotatable bonds is 3. The molecule has 164 valence electrons. The number of hydrogen-bond donors (Lipinski definition) is 0. The molecule has 0 spiro atoms. The Bertz CT molecular complexity index is 1330. The Balaban J connectivity index is 1.55. The zero-order valence-electron chi connectivity index (χ0n) is 17.9. The highest BCUT2D eigenvalue weighted by molar-refractivity contribution is 9.10. The van der Waals surface area contributed by atoms with Gasteiger partial charge in [-0.15, -0.1) is 0 Å². The van der Waals surface area contributed by atoms with Gasteiger partial charge in [0.1, 0.15) is 11.5 Å². The summed E-state index contributed by atoms with van der Waals surface area (Å²) in [6.07, 6.45) is 3.62. The molecule has 0 saturated carbocycles. The van der Waals surface area contributed by atoms with E-state index in [0.29, 0.717) is 40.0 Å². The molecule has 32 heavy (non-hydrogen) atoms. The second kappa shape index (κ2) is 8.16. The highest BCUT2D eigenvalue weighted by Crippen LogP contribution is 2.28. The van der Waals surface area contributed by atoms with Crippen LogP contribution < -0.4 is 0 Å². The first-order chi connectivity index (χ1) is 15.5. The lowest BCUT2D eigenvalue weighted by Crippen LogP contribution is -2.34. The Labute approximate surface area is 193 Å². The molecular formula is C24H23BrFN5O. The van der Waals surface area contributed by atoms with Gasteiger partial charge >= 0.3 is 0 Å². The molecule has 4 heterocycles. The van der Waals surface area contributed by atoms with Crippen LogP contribution in [0.3, 0.4) is 0 Å². The Morgan fingerprint density at radius 3 is 2.84 bits per heavy atom. The van der Waals surface area contributed by atoms with E-state index in [-0.39, 0.29) is 17.8 Å². The van der Waals surface area contributed by atoms with Crippen LogP contribution in [0.5, 0.6) is 0 Å². The van der Waals surface area contributed by atoms with Gasteiger partial charge in [0.2, 0.25) is 0 Å². The molecule has 0 radical (unpaired) electrons. The fraction of sp³-hybridized carbons (Fsp3) is 0.292. The smallest absolute Gasteiger partial charge is 0.273 e. The Morgan fingerprint density at radius 1 is 1.22 bits per heavy atom. The number of amides is 1. The van der Waals surface area contributed by atoms with Gasteiger partial charge in [-0.2, -0.15) is 5.10 Å². The van der Waals surface area contributed by atoms with E-state index in [4.69, 9.17) is 0 Å². The lowest BCUT2D eigenvalue weighted by Gasteiger charge is -2.27. The van der Waals surface area contributed by atoms with E-state index in [1.165, 1.54) is 6.07 Å². The van der Waals surface area contributed by atoms with Crippen LogP contribution in [-0.4, -0.2) is 36.5 Å². The van der Waals surface area contributed by atoms with Crippen molar-refractivity contribution >= 4 is 27.5 Å². The largest absolute Gasteiger partial charge is 0.350 e. The monoisotopic (exact) mass is 495 g/mol. The van der Waals surface area contributed by atoms with Crippen molar-refractivity contribution in [1.82, 2.24) is 24.1 Å². The van der Waals surface area contributed by atoms with E-state index in [1.54, 1.807) is 28.8 Å². The highest BCUT2D eigenvalue weighted by atomic mass is 79.9.